The van der Waals surface area contributed by atoms with Crippen LogP contribution in [0, 0.1) is 0 Å². The Morgan fingerprint density at radius 2 is 1.79 bits per heavy atom. The number of aromatic hydroxyl groups is 1. The van der Waals surface area contributed by atoms with E-state index in [0.717, 1.165) is 5.69 Å². The molecule has 0 amide bonds. The van der Waals surface area contributed by atoms with Gasteiger partial charge in [-0.15, -0.1) is 0 Å². The Morgan fingerprint density at radius 1 is 1.00 bits per heavy atom. The lowest BCUT2D eigenvalue weighted by atomic mass is 10.0. The number of aliphatic hydroxyl groups is 1. The van der Waals surface area contributed by atoms with Crippen LogP contribution in [0.15, 0.2) is 36.4 Å². The molecule has 0 aliphatic rings. The van der Waals surface area contributed by atoms with Gasteiger partial charge in [-0.2, -0.15) is 0 Å². The standard InChI is InChI=1S/C14H17N3O2/c15-9-1-4-14(19)12(7-9)11-8-10(17-5-6-18)2-3-13(11)16/h1-4,7-8,17-19H,5-6,15-16H2. The first-order valence-corrected chi connectivity index (χ1v) is 5.95. The quantitative estimate of drug-likeness (QED) is 0.424. The van der Waals surface area contributed by atoms with E-state index in [9.17, 15) is 5.11 Å². The van der Waals surface area contributed by atoms with Gasteiger partial charge in [0, 0.05) is 34.7 Å². The van der Waals surface area contributed by atoms with Crippen LogP contribution in [-0.2, 0) is 0 Å². The Labute approximate surface area is 111 Å². The van der Waals surface area contributed by atoms with Gasteiger partial charge in [-0.1, -0.05) is 0 Å². The molecule has 7 N–H and O–H groups in total. The van der Waals surface area contributed by atoms with Gasteiger partial charge in [0.05, 0.1) is 6.61 Å². The fourth-order valence-electron chi connectivity index (χ4n) is 1.87. The number of benzene rings is 2. The monoisotopic (exact) mass is 259 g/mol. The molecule has 0 heterocycles. The molecule has 0 spiro atoms. The van der Waals surface area contributed by atoms with Crippen LogP contribution >= 0.6 is 0 Å². The molecule has 5 heteroatoms. The van der Waals surface area contributed by atoms with Crippen molar-refractivity contribution in [2.75, 3.05) is 29.9 Å². The Morgan fingerprint density at radius 3 is 2.53 bits per heavy atom. The molecule has 0 bridgehead atoms. The molecule has 0 aliphatic carbocycles. The Bertz CT molecular complexity index is 585. The smallest absolute Gasteiger partial charge is 0.123 e. The predicted octanol–water partition coefficient (Wildman–Crippen LogP) is 1.63. The third-order valence-electron chi connectivity index (χ3n) is 2.81. The Kier molecular flexibility index (Phi) is 3.77. The fraction of sp³-hybridized carbons (Fsp3) is 0.143. The first-order chi connectivity index (χ1) is 9.11. The molecular formula is C14H17N3O2. The number of nitrogens with one attached hydrogen (secondary N) is 1. The average Bonchev–Trinajstić information content (AvgIpc) is 2.41. The summed E-state index contributed by atoms with van der Waals surface area (Å²) in [5.74, 6) is 0.125. The van der Waals surface area contributed by atoms with Crippen molar-refractivity contribution in [2.24, 2.45) is 0 Å². The SMILES string of the molecule is Nc1ccc(O)c(-c2cc(NCCO)ccc2N)c1. The van der Waals surface area contributed by atoms with Crippen molar-refractivity contribution in [2.45, 2.75) is 0 Å². The summed E-state index contributed by atoms with van der Waals surface area (Å²) in [6, 6.07) is 10.2. The number of phenolic OH excluding ortho intramolecular Hbond substituents is 1. The van der Waals surface area contributed by atoms with Crippen molar-refractivity contribution in [1.29, 1.82) is 0 Å². The third-order valence-corrected chi connectivity index (χ3v) is 2.81. The molecule has 0 unspecified atom stereocenters. The largest absolute Gasteiger partial charge is 0.507 e. The third kappa shape index (κ3) is 2.89. The summed E-state index contributed by atoms with van der Waals surface area (Å²) >= 11 is 0. The number of hydrogen-bond donors (Lipinski definition) is 5. The van der Waals surface area contributed by atoms with Crippen molar-refractivity contribution in [3.05, 3.63) is 36.4 Å². The van der Waals surface area contributed by atoms with Gasteiger partial charge in [-0.05, 0) is 36.4 Å². The fourth-order valence-corrected chi connectivity index (χ4v) is 1.87. The highest BCUT2D eigenvalue weighted by molar-refractivity contribution is 5.84. The number of anilines is 3. The second-order valence-electron chi connectivity index (χ2n) is 4.23. The van der Waals surface area contributed by atoms with E-state index in [2.05, 4.69) is 5.32 Å². The zero-order valence-corrected chi connectivity index (χ0v) is 10.4. The van der Waals surface area contributed by atoms with Gasteiger partial charge in [0.25, 0.3) is 0 Å². The molecule has 0 fully saturated rings. The lowest BCUT2D eigenvalue weighted by Crippen LogP contribution is -2.05. The minimum absolute atomic E-state index is 0.0449. The van der Waals surface area contributed by atoms with Gasteiger partial charge in [0.15, 0.2) is 0 Å². The highest BCUT2D eigenvalue weighted by Gasteiger charge is 2.09. The topological polar surface area (TPSA) is 105 Å². The molecule has 2 aromatic carbocycles. The van der Waals surface area contributed by atoms with Crippen LogP contribution in [0.4, 0.5) is 17.1 Å². The van der Waals surface area contributed by atoms with Crippen molar-refractivity contribution in [1.82, 2.24) is 0 Å². The highest BCUT2D eigenvalue weighted by atomic mass is 16.3. The number of rotatable bonds is 4. The Hall–Kier alpha value is -2.40. The summed E-state index contributed by atoms with van der Waals surface area (Å²) in [5, 5.41) is 21.8. The Balaban J connectivity index is 2.45. The van der Waals surface area contributed by atoms with E-state index in [1.54, 1.807) is 18.2 Å². The molecule has 2 rings (SSSR count). The molecule has 0 saturated heterocycles. The number of aliphatic hydroxyl groups excluding tert-OH is 1. The molecule has 5 nitrogen and oxygen atoms in total. The second kappa shape index (κ2) is 5.49. The zero-order valence-electron chi connectivity index (χ0n) is 10.4. The van der Waals surface area contributed by atoms with Crippen LogP contribution < -0.4 is 16.8 Å². The van der Waals surface area contributed by atoms with Gasteiger partial charge in [-0.25, -0.2) is 0 Å². The molecule has 0 saturated carbocycles. The average molecular weight is 259 g/mol. The van der Waals surface area contributed by atoms with Crippen LogP contribution in [0.1, 0.15) is 0 Å². The van der Waals surface area contributed by atoms with Gasteiger partial charge in [-0.3, -0.25) is 0 Å². The van der Waals surface area contributed by atoms with Gasteiger partial charge >= 0.3 is 0 Å². The predicted molar refractivity (Wildman–Crippen MR) is 77.9 cm³/mol. The van der Waals surface area contributed by atoms with Crippen LogP contribution in [0.25, 0.3) is 11.1 Å². The number of nitrogens with two attached hydrogens (primary N) is 2. The lowest BCUT2D eigenvalue weighted by Gasteiger charge is -2.12. The van der Waals surface area contributed by atoms with Crippen LogP contribution in [0.2, 0.25) is 0 Å². The molecule has 100 valence electrons. The molecule has 0 radical (unpaired) electrons. The zero-order chi connectivity index (χ0) is 13.8. The van der Waals surface area contributed by atoms with E-state index in [1.165, 1.54) is 6.07 Å². The number of nitrogen functional groups attached to an aromatic ring is 2. The lowest BCUT2D eigenvalue weighted by molar-refractivity contribution is 0.311. The molecular weight excluding hydrogens is 242 g/mol. The molecule has 0 atom stereocenters. The van der Waals surface area contributed by atoms with E-state index in [4.69, 9.17) is 16.6 Å². The van der Waals surface area contributed by atoms with Gasteiger partial charge in [0.1, 0.15) is 5.75 Å². The molecule has 0 aliphatic heterocycles. The second-order valence-corrected chi connectivity index (χ2v) is 4.23. The first-order valence-electron chi connectivity index (χ1n) is 5.95. The maximum absolute atomic E-state index is 9.91. The van der Waals surface area contributed by atoms with E-state index in [-0.39, 0.29) is 12.4 Å². The van der Waals surface area contributed by atoms with Crippen molar-refractivity contribution in [3.63, 3.8) is 0 Å². The minimum atomic E-state index is 0.0449. The maximum atomic E-state index is 9.91. The molecule has 19 heavy (non-hydrogen) atoms. The van der Waals surface area contributed by atoms with E-state index in [0.29, 0.717) is 29.0 Å². The van der Waals surface area contributed by atoms with Crippen LogP contribution in [0.3, 0.4) is 0 Å². The summed E-state index contributed by atoms with van der Waals surface area (Å²) in [6.07, 6.45) is 0. The summed E-state index contributed by atoms with van der Waals surface area (Å²) in [5.41, 5.74) is 14.9. The van der Waals surface area contributed by atoms with Crippen molar-refractivity contribution in [3.8, 4) is 16.9 Å². The number of phenols is 1. The maximum Gasteiger partial charge on any atom is 0.123 e. The highest BCUT2D eigenvalue weighted by Crippen LogP contribution is 2.36. The van der Waals surface area contributed by atoms with Crippen LogP contribution in [0.5, 0.6) is 5.75 Å². The first kappa shape index (κ1) is 13.0. The van der Waals surface area contributed by atoms with Crippen molar-refractivity contribution >= 4 is 17.1 Å². The van der Waals surface area contributed by atoms with E-state index in [1.807, 2.05) is 12.1 Å². The van der Waals surface area contributed by atoms with E-state index < -0.39 is 0 Å². The number of hydrogen-bond acceptors (Lipinski definition) is 5. The molecule has 2 aromatic rings. The van der Waals surface area contributed by atoms with E-state index >= 15 is 0 Å². The van der Waals surface area contributed by atoms with Crippen LogP contribution in [-0.4, -0.2) is 23.4 Å². The molecule has 0 aromatic heterocycles. The van der Waals surface area contributed by atoms with Crippen molar-refractivity contribution < 1.29 is 10.2 Å². The summed E-state index contributed by atoms with van der Waals surface area (Å²) in [7, 11) is 0. The summed E-state index contributed by atoms with van der Waals surface area (Å²) in [6.45, 7) is 0.496. The van der Waals surface area contributed by atoms with Gasteiger partial charge < -0.3 is 27.0 Å². The summed E-state index contributed by atoms with van der Waals surface area (Å²) < 4.78 is 0. The minimum Gasteiger partial charge on any atom is -0.507 e. The van der Waals surface area contributed by atoms with Gasteiger partial charge in [0.2, 0.25) is 0 Å². The normalized spacial score (nSPS) is 10.4. The summed E-state index contributed by atoms with van der Waals surface area (Å²) in [4.78, 5) is 0.